The highest BCUT2D eigenvalue weighted by Crippen LogP contribution is 2.28. The minimum Gasteiger partial charge on any atom is -0.484 e. The third-order valence-corrected chi connectivity index (χ3v) is 5.02. The van der Waals surface area contributed by atoms with Crippen LogP contribution in [-0.4, -0.2) is 29.0 Å². The number of benzene rings is 2. The Kier molecular flexibility index (Phi) is 4.45. The van der Waals surface area contributed by atoms with Crippen molar-refractivity contribution in [3.05, 3.63) is 53.6 Å². The van der Waals surface area contributed by atoms with E-state index < -0.39 is 10.8 Å². The normalized spacial score (nSPS) is 17.0. The van der Waals surface area contributed by atoms with Crippen LogP contribution < -0.4 is 9.64 Å². The molecule has 4 nitrogen and oxygen atoms in total. The molecule has 22 heavy (non-hydrogen) atoms. The van der Waals surface area contributed by atoms with Gasteiger partial charge in [0, 0.05) is 17.3 Å². The summed E-state index contributed by atoms with van der Waals surface area (Å²) in [5, 5.41) is 0.617. The van der Waals surface area contributed by atoms with Crippen LogP contribution in [0.5, 0.6) is 5.75 Å². The number of amides is 1. The summed E-state index contributed by atoms with van der Waals surface area (Å²) < 4.78 is 17.5. The van der Waals surface area contributed by atoms with E-state index in [0.717, 1.165) is 0 Å². The van der Waals surface area contributed by atoms with Crippen LogP contribution in [0.3, 0.4) is 0 Å². The van der Waals surface area contributed by atoms with E-state index >= 15 is 0 Å². The summed E-state index contributed by atoms with van der Waals surface area (Å²) in [5.74, 6) is 0.884. The SMILES string of the molecule is O=C(COc1ccc(Cl)cc1)N1CCS(=O)c2ccccc21. The zero-order valence-electron chi connectivity index (χ0n) is 11.7. The maximum absolute atomic E-state index is 12.4. The van der Waals surface area contributed by atoms with E-state index in [4.69, 9.17) is 16.3 Å². The minimum atomic E-state index is -1.04. The van der Waals surface area contributed by atoms with Crippen LogP contribution in [0.4, 0.5) is 5.69 Å². The van der Waals surface area contributed by atoms with Crippen LogP contribution in [0, 0.1) is 0 Å². The lowest BCUT2D eigenvalue weighted by atomic mass is 10.2. The molecule has 2 aromatic carbocycles. The van der Waals surface area contributed by atoms with Crippen molar-refractivity contribution in [2.24, 2.45) is 0 Å². The monoisotopic (exact) mass is 335 g/mol. The number of hydrogen-bond acceptors (Lipinski definition) is 3. The smallest absolute Gasteiger partial charge is 0.264 e. The standard InChI is InChI=1S/C16H14ClNO3S/c17-12-5-7-13(8-6-12)21-11-16(19)18-9-10-22(20)15-4-2-1-3-14(15)18/h1-8H,9-11H2. The van der Waals surface area contributed by atoms with Crippen LogP contribution in [0.15, 0.2) is 53.4 Å². The van der Waals surface area contributed by atoms with E-state index in [0.29, 0.717) is 33.7 Å². The van der Waals surface area contributed by atoms with Gasteiger partial charge in [-0.25, -0.2) is 0 Å². The summed E-state index contributed by atoms with van der Waals surface area (Å²) >= 11 is 5.81. The predicted molar refractivity (Wildman–Crippen MR) is 87.0 cm³/mol. The number of carbonyl (C=O) groups excluding carboxylic acids is 1. The van der Waals surface area contributed by atoms with E-state index in [1.54, 1.807) is 35.2 Å². The summed E-state index contributed by atoms with van der Waals surface area (Å²) in [7, 11) is -1.04. The third-order valence-electron chi connectivity index (χ3n) is 3.38. The number of rotatable bonds is 3. The summed E-state index contributed by atoms with van der Waals surface area (Å²) in [4.78, 5) is 14.7. The average molecular weight is 336 g/mol. The molecular formula is C16H14ClNO3S. The number of halogens is 1. The Hall–Kier alpha value is -1.85. The Morgan fingerprint density at radius 3 is 2.68 bits per heavy atom. The van der Waals surface area contributed by atoms with Crippen LogP contribution in [0.25, 0.3) is 0 Å². The Labute approximate surface area is 136 Å². The Balaban J connectivity index is 1.72. The summed E-state index contributed by atoms with van der Waals surface area (Å²) in [6, 6.07) is 14.1. The van der Waals surface area contributed by atoms with Crippen LogP contribution >= 0.6 is 11.6 Å². The largest absolute Gasteiger partial charge is 0.484 e. The zero-order chi connectivity index (χ0) is 15.5. The molecule has 1 amide bonds. The fraction of sp³-hybridized carbons (Fsp3) is 0.188. The first kappa shape index (κ1) is 15.1. The first-order valence-electron chi connectivity index (χ1n) is 6.81. The molecule has 3 rings (SSSR count). The second-order valence-electron chi connectivity index (χ2n) is 4.81. The maximum Gasteiger partial charge on any atom is 0.264 e. The van der Waals surface area contributed by atoms with Crippen molar-refractivity contribution in [2.75, 3.05) is 23.8 Å². The van der Waals surface area contributed by atoms with Crippen molar-refractivity contribution in [1.29, 1.82) is 0 Å². The lowest BCUT2D eigenvalue weighted by molar-refractivity contribution is -0.120. The molecule has 0 fully saturated rings. The van der Waals surface area contributed by atoms with E-state index in [1.807, 2.05) is 18.2 Å². The summed E-state index contributed by atoms with van der Waals surface area (Å²) in [6.45, 7) is 0.370. The second kappa shape index (κ2) is 6.50. The second-order valence-corrected chi connectivity index (χ2v) is 6.78. The molecule has 0 N–H and O–H groups in total. The minimum absolute atomic E-state index is 0.0669. The molecule has 1 aliphatic rings. The Morgan fingerprint density at radius 2 is 1.91 bits per heavy atom. The van der Waals surface area contributed by atoms with Gasteiger partial charge in [0.2, 0.25) is 0 Å². The Bertz CT molecular complexity index is 718. The molecule has 0 bridgehead atoms. The third kappa shape index (κ3) is 3.15. The number of fused-ring (bicyclic) bond motifs is 1. The van der Waals surface area contributed by atoms with Gasteiger partial charge in [0.1, 0.15) is 5.75 Å². The van der Waals surface area contributed by atoms with Gasteiger partial charge < -0.3 is 9.64 Å². The van der Waals surface area contributed by atoms with Crippen molar-refractivity contribution in [2.45, 2.75) is 4.90 Å². The highest BCUT2D eigenvalue weighted by atomic mass is 35.5. The molecule has 0 aromatic heterocycles. The first-order chi connectivity index (χ1) is 10.6. The van der Waals surface area contributed by atoms with Crippen LogP contribution in [0.2, 0.25) is 5.02 Å². The molecule has 1 atom stereocenters. The van der Waals surface area contributed by atoms with Crippen molar-refractivity contribution >= 4 is 34.0 Å². The van der Waals surface area contributed by atoms with E-state index in [2.05, 4.69) is 0 Å². The summed E-state index contributed by atoms with van der Waals surface area (Å²) in [5.41, 5.74) is 0.705. The van der Waals surface area contributed by atoms with Gasteiger partial charge in [-0.1, -0.05) is 23.7 Å². The van der Waals surface area contributed by atoms with E-state index in [1.165, 1.54) is 0 Å². The zero-order valence-corrected chi connectivity index (χ0v) is 13.3. The van der Waals surface area contributed by atoms with Crippen molar-refractivity contribution in [3.8, 4) is 5.75 Å². The van der Waals surface area contributed by atoms with Gasteiger partial charge in [-0.3, -0.25) is 9.00 Å². The highest BCUT2D eigenvalue weighted by molar-refractivity contribution is 7.85. The van der Waals surface area contributed by atoms with Crippen LogP contribution in [0.1, 0.15) is 0 Å². The number of anilines is 1. The summed E-state index contributed by atoms with van der Waals surface area (Å²) in [6.07, 6.45) is 0. The van der Waals surface area contributed by atoms with Crippen LogP contribution in [-0.2, 0) is 15.6 Å². The molecule has 1 unspecified atom stereocenters. The number of carbonyl (C=O) groups is 1. The fourth-order valence-electron chi connectivity index (χ4n) is 2.29. The van der Waals surface area contributed by atoms with Gasteiger partial charge in [-0.15, -0.1) is 0 Å². The topological polar surface area (TPSA) is 46.6 Å². The van der Waals surface area contributed by atoms with Gasteiger partial charge in [0.05, 0.1) is 21.4 Å². The molecule has 0 aliphatic carbocycles. The molecule has 6 heteroatoms. The van der Waals surface area contributed by atoms with Gasteiger partial charge in [0.25, 0.3) is 5.91 Å². The molecule has 0 saturated heterocycles. The predicted octanol–water partition coefficient (Wildman–Crippen LogP) is 2.87. The average Bonchev–Trinajstić information content (AvgIpc) is 2.55. The molecule has 0 radical (unpaired) electrons. The number of nitrogens with zero attached hydrogens (tertiary/aromatic N) is 1. The Morgan fingerprint density at radius 1 is 1.18 bits per heavy atom. The molecule has 1 heterocycles. The quantitative estimate of drug-likeness (QED) is 0.866. The lowest BCUT2D eigenvalue weighted by Crippen LogP contribution is -2.40. The highest BCUT2D eigenvalue weighted by Gasteiger charge is 2.26. The van der Waals surface area contributed by atoms with Gasteiger partial charge in [0.15, 0.2) is 6.61 Å². The van der Waals surface area contributed by atoms with Crippen molar-refractivity contribution in [3.63, 3.8) is 0 Å². The van der Waals surface area contributed by atoms with Gasteiger partial charge >= 0.3 is 0 Å². The molecule has 1 aliphatic heterocycles. The maximum atomic E-state index is 12.4. The van der Waals surface area contributed by atoms with E-state index in [-0.39, 0.29) is 12.5 Å². The van der Waals surface area contributed by atoms with E-state index in [9.17, 15) is 9.00 Å². The van der Waals surface area contributed by atoms with Crippen molar-refractivity contribution < 1.29 is 13.7 Å². The molecule has 0 saturated carbocycles. The fourth-order valence-corrected chi connectivity index (χ4v) is 3.63. The van der Waals surface area contributed by atoms with Gasteiger partial charge in [-0.05, 0) is 36.4 Å². The number of ether oxygens (including phenoxy) is 1. The number of hydrogen-bond donors (Lipinski definition) is 0. The molecule has 114 valence electrons. The molecule has 0 spiro atoms. The number of para-hydroxylation sites is 1. The van der Waals surface area contributed by atoms with Crippen molar-refractivity contribution in [1.82, 2.24) is 0 Å². The molecule has 2 aromatic rings. The lowest BCUT2D eigenvalue weighted by Gasteiger charge is -2.28. The van der Waals surface area contributed by atoms with Gasteiger partial charge in [-0.2, -0.15) is 0 Å². The molecular weight excluding hydrogens is 322 g/mol. The first-order valence-corrected chi connectivity index (χ1v) is 8.51.